The molecule has 0 saturated carbocycles. The van der Waals surface area contributed by atoms with Crippen LogP contribution in [0, 0.1) is 5.92 Å². The summed E-state index contributed by atoms with van der Waals surface area (Å²) in [7, 11) is 1.45. The number of benzene rings is 1. The molecule has 0 spiro atoms. The van der Waals surface area contributed by atoms with Gasteiger partial charge < -0.3 is 9.47 Å². The van der Waals surface area contributed by atoms with Crippen LogP contribution >= 0.6 is 23.8 Å². The molecule has 1 aromatic carbocycles. The monoisotopic (exact) mass is 256 g/mol. The minimum Gasteiger partial charge on any atom is -0.492 e. The number of hydrogen-bond acceptors (Lipinski definition) is 4. The summed E-state index contributed by atoms with van der Waals surface area (Å²) in [6.45, 7) is 0.222. The second kappa shape index (κ2) is 4.39. The maximum absolute atomic E-state index is 12.1. The average Bonchev–Trinajstić information content (AvgIpc) is 2.29. The number of carbonyl (C=O) groups excluding carboxylic acids is 1. The second-order valence-electron chi connectivity index (χ2n) is 3.39. The average molecular weight is 257 g/mol. The number of ether oxygens (including phenoxy) is 2. The zero-order valence-electron chi connectivity index (χ0n) is 8.53. The van der Waals surface area contributed by atoms with E-state index in [1.165, 1.54) is 7.11 Å². The van der Waals surface area contributed by atoms with Crippen molar-refractivity contribution in [1.29, 1.82) is 0 Å². The molecule has 1 unspecified atom stereocenters. The topological polar surface area (TPSA) is 35.5 Å². The van der Waals surface area contributed by atoms with E-state index in [4.69, 9.17) is 33.3 Å². The first kappa shape index (κ1) is 11.4. The number of methoxy groups -OCH3 is 1. The first-order valence-corrected chi connectivity index (χ1v) is 5.46. The lowest BCUT2D eigenvalue weighted by Gasteiger charge is -2.23. The Hall–Kier alpha value is -1.13. The Morgan fingerprint density at radius 1 is 1.62 bits per heavy atom. The lowest BCUT2D eigenvalue weighted by Crippen LogP contribution is -2.33. The highest BCUT2D eigenvalue weighted by molar-refractivity contribution is 7.80. The molecule has 5 heteroatoms. The van der Waals surface area contributed by atoms with Crippen molar-refractivity contribution in [2.24, 2.45) is 5.92 Å². The van der Waals surface area contributed by atoms with E-state index in [1.54, 1.807) is 18.2 Å². The van der Waals surface area contributed by atoms with Crippen LogP contribution in [0.15, 0.2) is 18.2 Å². The SMILES string of the molecule is COC(=S)C1COc2ccc(Cl)cc2C1=O. The lowest BCUT2D eigenvalue weighted by atomic mass is 9.96. The Morgan fingerprint density at radius 2 is 2.38 bits per heavy atom. The Bertz CT molecular complexity index is 459. The number of halogens is 1. The molecule has 3 nitrogen and oxygen atoms in total. The molecule has 84 valence electrons. The van der Waals surface area contributed by atoms with Gasteiger partial charge in [0.05, 0.1) is 12.7 Å². The van der Waals surface area contributed by atoms with Crippen molar-refractivity contribution >= 4 is 34.7 Å². The van der Waals surface area contributed by atoms with Gasteiger partial charge in [0.15, 0.2) is 10.8 Å². The van der Waals surface area contributed by atoms with Gasteiger partial charge in [-0.25, -0.2) is 0 Å². The summed E-state index contributed by atoms with van der Waals surface area (Å²) < 4.78 is 10.3. The van der Waals surface area contributed by atoms with Gasteiger partial charge in [0.2, 0.25) is 0 Å². The number of fused-ring (bicyclic) bond motifs is 1. The van der Waals surface area contributed by atoms with Crippen LogP contribution in [0.1, 0.15) is 10.4 Å². The molecule has 0 radical (unpaired) electrons. The third-order valence-electron chi connectivity index (χ3n) is 2.41. The number of rotatable bonds is 1. The summed E-state index contributed by atoms with van der Waals surface area (Å²) in [5.74, 6) is -0.0777. The van der Waals surface area contributed by atoms with Gasteiger partial charge >= 0.3 is 0 Å². The second-order valence-corrected chi connectivity index (χ2v) is 4.23. The van der Waals surface area contributed by atoms with Crippen molar-refractivity contribution in [3.63, 3.8) is 0 Å². The molecule has 0 fully saturated rings. The molecule has 0 amide bonds. The lowest BCUT2D eigenvalue weighted by molar-refractivity contribution is 0.0874. The molecule has 1 aromatic rings. The first-order chi connectivity index (χ1) is 7.63. The van der Waals surface area contributed by atoms with Crippen molar-refractivity contribution in [2.45, 2.75) is 0 Å². The molecule has 0 aromatic heterocycles. The highest BCUT2D eigenvalue weighted by atomic mass is 35.5. The van der Waals surface area contributed by atoms with E-state index in [9.17, 15) is 4.79 Å². The molecule has 0 aliphatic carbocycles. The largest absolute Gasteiger partial charge is 0.492 e. The Kier molecular flexibility index (Phi) is 3.12. The number of thiocarbonyl (C=S) groups is 1. The van der Waals surface area contributed by atoms with E-state index in [1.807, 2.05) is 0 Å². The van der Waals surface area contributed by atoms with Crippen molar-refractivity contribution < 1.29 is 14.3 Å². The van der Waals surface area contributed by atoms with E-state index in [0.29, 0.717) is 16.3 Å². The Balaban J connectivity index is 2.38. The minimum absolute atomic E-state index is 0.101. The fourth-order valence-corrected chi connectivity index (χ4v) is 1.92. The van der Waals surface area contributed by atoms with E-state index in [-0.39, 0.29) is 17.4 Å². The van der Waals surface area contributed by atoms with Gasteiger partial charge in [-0.3, -0.25) is 4.79 Å². The van der Waals surface area contributed by atoms with Crippen molar-refractivity contribution in [1.82, 2.24) is 0 Å². The van der Waals surface area contributed by atoms with Gasteiger partial charge in [-0.15, -0.1) is 0 Å². The highest BCUT2D eigenvalue weighted by Gasteiger charge is 2.32. The summed E-state index contributed by atoms with van der Waals surface area (Å²) in [5, 5.41) is 0.746. The van der Waals surface area contributed by atoms with Crippen LogP contribution in [0.5, 0.6) is 5.75 Å². The molecule has 16 heavy (non-hydrogen) atoms. The first-order valence-electron chi connectivity index (χ1n) is 4.68. The number of hydrogen-bond donors (Lipinski definition) is 0. The van der Waals surface area contributed by atoms with Gasteiger partial charge in [0, 0.05) is 5.02 Å². The van der Waals surface area contributed by atoms with Crippen LogP contribution in [0.2, 0.25) is 5.02 Å². The fraction of sp³-hybridized carbons (Fsp3) is 0.273. The van der Waals surface area contributed by atoms with Crippen LogP contribution < -0.4 is 4.74 Å². The molecule has 1 aliphatic heterocycles. The molecule has 0 N–H and O–H groups in total. The Labute approximate surface area is 103 Å². The smallest absolute Gasteiger partial charge is 0.181 e. The molecule has 1 atom stereocenters. The minimum atomic E-state index is -0.522. The molecule has 0 bridgehead atoms. The number of carbonyl (C=O) groups is 1. The van der Waals surface area contributed by atoms with Crippen LogP contribution in [0.4, 0.5) is 0 Å². The zero-order chi connectivity index (χ0) is 11.7. The summed E-state index contributed by atoms with van der Waals surface area (Å²) in [4.78, 5) is 12.1. The molecular weight excluding hydrogens is 248 g/mol. The summed E-state index contributed by atoms with van der Waals surface area (Å²) in [6.07, 6.45) is 0. The van der Waals surface area contributed by atoms with E-state index >= 15 is 0 Å². The third-order valence-corrected chi connectivity index (χ3v) is 3.10. The predicted molar refractivity (Wildman–Crippen MR) is 64.4 cm³/mol. The predicted octanol–water partition coefficient (Wildman–Crippen LogP) is 2.51. The van der Waals surface area contributed by atoms with Crippen LogP contribution in [0.25, 0.3) is 0 Å². The zero-order valence-corrected chi connectivity index (χ0v) is 10.1. The Morgan fingerprint density at radius 3 is 3.06 bits per heavy atom. The maximum atomic E-state index is 12.1. The van der Waals surface area contributed by atoms with E-state index in [0.717, 1.165) is 0 Å². The van der Waals surface area contributed by atoms with E-state index < -0.39 is 5.92 Å². The third kappa shape index (κ3) is 1.90. The summed E-state index contributed by atoms with van der Waals surface area (Å²) in [6, 6.07) is 4.95. The molecule has 1 heterocycles. The van der Waals surface area contributed by atoms with Crippen LogP contribution in [0.3, 0.4) is 0 Å². The highest BCUT2D eigenvalue weighted by Crippen LogP contribution is 2.30. The van der Waals surface area contributed by atoms with Crippen molar-refractivity contribution in [3.8, 4) is 5.75 Å². The van der Waals surface area contributed by atoms with E-state index in [2.05, 4.69) is 0 Å². The quantitative estimate of drug-likeness (QED) is 0.724. The van der Waals surface area contributed by atoms with Gasteiger partial charge in [0.25, 0.3) is 0 Å². The van der Waals surface area contributed by atoms with Gasteiger partial charge in [-0.1, -0.05) is 11.6 Å². The normalized spacial score (nSPS) is 18.6. The number of ketones is 1. The molecule has 0 saturated heterocycles. The molecule has 2 rings (SSSR count). The van der Waals surface area contributed by atoms with Crippen molar-refractivity contribution in [2.75, 3.05) is 13.7 Å². The maximum Gasteiger partial charge on any atom is 0.181 e. The number of Topliss-reactive ketones (excluding diaryl/α,β-unsaturated/α-hetero) is 1. The molecular formula is C11H9ClO3S. The van der Waals surface area contributed by atoms with Gasteiger partial charge in [-0.05, 0) is 30.4 Å². The van der Waals surface area contributed by atoms with Crippen LogP contribution in [-0.2, 0) is 4.74 Å². The molecule has 1 aliphatic rings. The van der Waals surface area contributed by atoms with Gasteiger partial charge in [-0.2, -0.15) is 0 Å². The van der Waals surface area contributed by atoms with Gasteiger partial charge in [0.1, 0.15) is 18.3 Å². The van der Waals surface area contributed by atoms with Crippen LogP contribution in [-0.4, -0.2) is 24.6 Å². The fourth-order valence-electron chi connectivity index (χ4n) is 1.57. The summed E-state index contributed by atoms with van der Waals surface area (Å²) in [5.41, 5.74) is 0.461. The summed E-state index contributed by atoms with van der Waals surface area (Å²) >= 11 is 10.8. The van der Waals surface area contributed by atoms with Crippen molar-refractivity contribution in [3.05, 3.63) is 28.8 Å². The standard InChI is InChI=1S/C11H9ClO3S/c1-14-11(16)8-5-15-9-3-2-6(12)4-7(9)10(8)13/h2-4,8H,5H2,1H3.